The fourth-order valence-electron chi connectivity index (χ4n) is 3.80. The van der Waals surface area contributed by atoms with Gasteiger partial charge < -0.3 is 9.47 Å². The van der Waals surface area contributed by atoms with Crippen molar-refractivity contribution in [1.82, 2.24) is 14.7 Å². The molecular weight excluding hydrogens is 314 g/mol. The first-order valence-corrected chi connectivity index (χ1v) is 8.89. The Balaban J connectivity index is 1.79. The Hall–Kier alpha value is -2.01. The van der Waals surface area contributed by atoms with Crippen LogP contribution in [0.25, 0.3) is 0 Å². The lowest BCUT2D eigenvalue weighted by atomic mass is 9.83. The van der Waals surface area contributed by atoms with Crippen LogP contribution in [-0.4, -0.2) is 42.0 Å². The quantitative estimate of drug-likeness (QED) is 0.836. The third-order valence-corrected chi connectivity index (χ3v) is 5.21. The van der Waals surface area contributed by atoms with Gasteiger partial charge in [-0.2, -0.15) is 5.10 Å². The van der Waals surface area contributed by atoms with E-state index in [0.29, 0.717) is 0 Å². The van der Waals surface area contributed by atoms with Gasteiger partial charge in [0.1, 0.15) is 0 Å². The first kappa shape index (κ1) is 17.8. The van der Waals surface area contributed by atoms with E-state index in [1.165, 1.54) is 23.2 Å². The molecule has 5 heteroatoms. The van der Waals surface area contributed by atoms with Gasteiger partial charge >= 0.3 is 0 Å². The van der Waals surface area contributed by atoms with E-state index >= 15 is 0 Å². The summed E-state index contributed by atoms with van der Waals surface area (Å²) in [7, 11) is 5.40. The number of aryl methyl sites for hydroxylation is 1. The minimum Gasteiger partial charge on any atom is -0.493 e. The van der Waals surface area contributed by atoms with E-state index in [1.807, 2.05) is 24.0 Å². The van der Waals surface area contributed by atoms with Gasteiger partial charge in [0.15, 0.2) is 11.5 Å². The number of hydrogen-bond donors (Lipinski definition) is 0. The highest BCUT2D eigenvalue weighted by molar-refractivity contribution is 5.45. The second-order valence-electron chi connectivity index (χ2n) is 7.51. The van der Waals surface area contributed by atoms with Gasteiger partial charge in [-0.15, -0.1) is 0 Å². The van der Waals surface area contributed by atoms with E-state index < -0.39 is 0 Å². The zero-order chi connectivity index (χ0) is 18.0. The third kappa shape index (κ3) is 3.66. The lowest BCUT2D eigenvalue weighted by Gasteiger charge is -2.33. The topological polar surface area (TPSA) is 39.5 Å². The molecule has 0 saturated heterocycles. The molecule has 25 heavy (non-hydrogen) atoms. The van der Waals surface area contributed by atoms with Crippen LogP contribution in [0.1, 0.15) is 37.1 Å². The Kier molecular flexibility index (Phi) is 5.04. The Labute approximate surface area is 150 Å². The van der Waals surface area contributed by atoms with Crippen molar-refractivity contribution in [1.29, 1.82) is 0 Å². The molecule has 1 aliphatic heterocycles. The molecule has 2 aromatic rings. The molecule has 0 atom stereocenters. The maximum atomic E-state index is 5.48. The second-order valence-corrected chi connectivity index (χ2v) is 7.51. The van der Waals surface area contributed by atoms with Gasteiger partial charge in [0.25, 0.3) is 0 Å². The van der Waals surface area contributed by atoms with E-state index in [-0.39, 0.29) is 5.41 Å². The fraction of sp³-hybridized carbons (Fsp3) is 0.550. The lowest BCUT2D eigenvalue weighted by Crippen LogP contribution is -2.36. The van der Waals surface area contributed by atoms with Crippen LogP contribution in [0.5, 0.6) is 11.5 Å². The van der Waals surface area contributed by atoms with Crippen LogP contribution in [0.3, 0.4) is 0 Å². The van der Waals surface area contributed by atoms with E-state index in [0.717, 1.165) is 37.6 Å². The molecule has 0 bridgehead atoms. The van der Waals surface area contributed by atoms with Crippen molar-refractivity contribution in [2.75, 3.05) is 27.3 Å². The number of methoxy groups -OCH3 is 2. The first-order chi connectivity index (χ1) is 11.9. The molecule has 136 valence electrons. The molecule has 1 aliphatic rings. The first-order valence-electron chi connectivity index (χ1n) is 8.89. The van der Waals surface area contributed by atoms with Crippen molar-refractivity contribution < 1.29 is 9.47 Å². The average molecular weight is 343 g/mol. The van der Waals surface area contributed by atoms with E-state index in [4.69, 9.17) is 9.47 Å². The summed E-state index contributed by atoms with van der Waals surface area (Å²) in [6, 6.07) is 6.25. The molecule has 0 amide bonds. The molecule has 0 radical (unpaired) electrons. The monoisotopic (exact) mass is 343 g/mol. The van der Waals surface area contributed by atoms with Crippen LogP contribution in [0.4, 0.5) is 0 Å². The van der Waals surface area contributed by atoms with Crippen LogP contribution < -0.4 is 9.47 Å². The smallest absolute Gasteiger partial charge is 0.161 e. The minimum atomic E-state index is 0.0201. The van der Waals surface area contributed by atoms with Gasteiger partial charge in [-0.1, -0.05) is 19.9 Å². The second kappa shape index (κ2) is 7.08. The van der Waals surface area contributed by atoms with Crippen LogP contribution in [0, 0.1) is 0 Å². The van der Waals surface area contributed by atoms with Crippen LogP contribution in [0.2, 0.25) is 0 Å². The molecule has 3 rings (SSSR count). The summed E-state index contributed by atoms with van der Waals surface area (Å²) >= 11 is 0. The van der Waals surface area contributed by atoms with Crippen molar-refractivity contribution in [3.63, 3.8) is 0 Å². The summed E-state index contributed by atoms with van der Waals surface area (Å²) in [6.07, 6.45) is 4.31. The standard InChI is InChI=1S/C20H29N3O2/c1-20(2,16-8-9-18(24-4)19(11-16)25-5)14-23-10-6-7-17-15(13-23)12-21-22(17)3/h8-9,11-12H,6-7,10,13-14H2,1-5H3. The summed E-state index contributed by atoms with van der Waals surface area (Å²) < 4.78 is 12.9. The van der Waals surface area contributed by atoms with Crippen molar-refractivity contribution in [2.45, 2.75) is 38.6 Å². The number of hydrogen-bond acceptors (Lipinski definition) is 4. The highest BCUT2D eigenvalue weighted by Crippen LogP contribution is 2.34. The predicted octanol–water partition coefficient (Wildman–Crippen LogP) is 3.16. The zero-order valence-corrected chi connectivity index (χ0v) is 16.0. The fourth-order valence-corrected chi connectivity index (χ4v) is 3.80. The van der Waals surface area contributed by atoms with Gasteiger partial charge in [-0.05, 0) is 37.1 Å². The predicted molar refractivity (Wildman–Crippen MR) is 99.4 cm³/mol. The van der Waals surface area contributed by atoms with Gasteiger partial charge in [-0.3, -0.25) is 9.58 Å². The molecule has 1 aromatic heterocycles. The third-order valence-electron chi connectivity index (χ3n) is 5.21. The number of fused-ring (bicyclic) bond motifs is 1. The summed E-state index contributed by atoms with van der Waals surface area (Å²) in [5.74, 6) is 1.57. The molecule has 0 spiro atoms. The maximum absolute atomic E-state index is 5.48. The number of ether oxygens (including phenoxy) is 2. The van der Waals surface area contributed by atoms with Gasteiger partial charge in [-0.25, -0.2) is 0 Å². The van der Waals surface area contributed by atoms with Crippen LogP contribution >= 0.6 is 0 Å². The van der Waals surface area contributed by atoms with Crippen LogP contribution in [0.15, 0.2) is 24.4 Å². The van der Waals surface area contributed by atoms with Gasteiger partial charge in [0, 0.05) is 36.8 Å². The molecule has 0 aliphatic carbocycles. The molecule has 1 aromatic carbocycles. The Morgan fingerprint density at radius 2 is 1.92 bits per heavy atom. The molecule has 5 nitrogen and oxygen atoms in total. The molecule has 0 N–H and O–H groups in total. The number of rotatable bonds is 5. The van der Waals surface area contributed by atoms with Gasteiger partial charge in [0.2, 0.25) is 0 Å². The SMILES string of the molecule is COc1ccc(C(C)(C)CN2CCCc3c(cnn3C)C2)cc1OC. The number of benzene rings is 1. The van der Waals surface area contributed by atoms with Crippen molar-refractivity contribution in [3.05, 3.63) is 41.2 Å². The molecule has 0 saturated carbocycles. The average Bonchev–Trinajstić information content (AvgIpc) is 2.82. The van der Waals surface area contributed by atoms with Crippen LogP contribution in [-0.2, 0) is 25.4 Å². The van der Waals surface area contributed by atoms with Gasteiger partial charge in [0.05, 0.1) is 20.4 Å². The number of nitrogens with zero attached hydrogens (tertiary/aromatic N) is 3. The zero-order valence-electron chi connectivity index (χ0n) is 16.0. The lowest BCUT2D eigenvalue weighted by molar-refractivity contribution is 0.218. The largest absolute Gasteiger partial charge is 0.493 e. The minimum absolute atomic E-state index is 0.0201. The van der Waals surface area contributed by atoms with E-state index in [1.54, 1.807) is 14.2 Å². The highest BCUT2D eigenvalue weighted by atomic mass is 16.5. The number of aromatic nitrogens is 2. The Morgan fingerprint density at radius 1 is 1.16 bits per heavy atom. The summed E-state index contributed by atoms with van der Waals surface area (Å²) in [5.41, 5.74) is 4.03. The summed E-state index contributed by atoms with van der Waals surface area (Å²) in [4.78, 5) is 2.55. The van der Waals surface area contributed by atoms with Crippen molar-refractivity contribution >= 4 is 0 Å². The normalized spacial score (nSPS) is 15.6. The molecule has 0 unspecified atom stereocenters. The summed E-state index contributed by atoms with van der Waals surface area (Å²) in [6.45, 7) is 7.68. The van der Waals surface area contributed by atoms with E-state index in [9.17, 15) is 0 Å². The van der Waals surface area contributed by atoms with Crippen molar-refractivity contribution in [3.8, 4) is 11.5 Å². The molecule has 0 fully saturated rings. The molecule has 2 heterocycles. The molecular formula is C20H29N3O2. The highest BCUT2D eigenvalue weighted by Gasteiger charge is 2.27. The van der Waals surface area contributed by atoms with E-state index in [2.05, 4.69) is 36.0 Å². The maximum Gasteiger partial charge on any atom is 0.161 e. The summed E-state index contributed by atoms with van der Waals surface area (Å²) in [5, 5.41) is 4.43. The van der Waals surface area contributed by atoms with Crippen molar-refractivity contribution in [2.24, 2.45) is 7.05 Å². The Bertz CT molecular complexity index is 737. The Morgan fingerprint density at radius 3 is 2.64 bits per heavy atom.